The highest BCUT2D eigenvalue weighted by Gasteiger charge is 2.13. The number of rotatable bonds is 4. The number of aromatic amines is 1. The molecule has 0 saturated heterocycles. The molecule has 0 atom stereocenters. The minimum atomic E-state index is -0.546. The molecule has 134 valence electrons. The van der Waals surface area contributed by atoms with Gasteiger partial charge in [-0.2, -0.15) is 5.10 Å². The van der Waals surface area contributed by atoms with Crippen molar-refractivity contribution in [3.8, 4) is 0 Å². The summed E-state index contributed by atoms with van der Waals surface area (Å²) in [6.07, 6.45) is 0.963. The second-order valence-electron chi connectivity index (χ2n) is 5.58. The molecular weight excluding hydrogens is 379 g/mol. The molecule has 0 saturated carbocycles. The number of hydrogen-bond acceptors (Lipinski definition) is 5. The van der Waals surface area contributed by atoms with Crippen molar-refractivity contribution in [2.75, 3.05) is 0 Å². The molecular formula is C17H14ClFN4O2S. The van der Waals surface area contributed by atoms with E-state index in [1.54, 1.807) is 0 Å². The topological polar surface area (TPSA) is 87.2 Å². The van der Waals surface area contributed by atoms with Gasteiger partial charge < -0.3 is 4.98 Å². The van der Waals surface area contributed by atoms with Crippen molar-refractivity contribution in [2.45, 2.75) is 20.3 Å². The Balaban J connectivity index is 1.73. The smallest absolute Gasteiger partial charge is 0.259 e. The average molecular weight is 393 g/mol. The van der Waals surface area contributed by atoms with Crippen molar-refractivity contribution in [3.05, 3.63) is 61.2 Å². The van der Waals surface area contributed by atoms with Gasteiger partial charge in [0.25, 0.3) is 5.56 Å². The number of aromatic nitrogens is 2. The zero-order valence-corrected chi connectivity index (χ0v) is 15.5. The number of thiophene rings is 1. The molecule has 0 radical (unpaired) electrons. The number of benzene rings is 1. The third-order valence-electron chi connectivity index (χ3n) is 3.80. The highest BCUT2D eigenvalue weighted by Crippen LogP contribution is 2.25. The largest absolute Gasteiger partial charge is 0.309 e. The van der Waals surface area contributed by atoms with Gasteiger partial charge >= 0.3 is 0 Å². The van der Waals surface area contributed by atoms with Crippen molar-refractivity contribution in [3.63, 3.8) is 0 Å². The lowest BCUT2D eigenvalue weighted by molar-refractivity contribution is -0.120. The monoisotopic (exact) mass is 392 g/mol. The molecule has 1 aromatic carbocycles. The zero-order valence-electron chi connectivity index (χ0n) is 13.9. The fourth-order valence-corrected chi connectivity index (χ4v) is 3.64. The Morgan fingerprint density at radius 2 is 2.23 bits per heavy atom. The first-order valence-corrected chi connectivity index (χ1v) is 8.81. The van der Waals surface area contributed by atoms with Crippen LogP contribution in [0.5, 0.6) is 0 Å². The van der Waals surface area contributed by atoms with E-state index >= 15 is 0 Å². The Bertz CT molecular complexity index is 1070. The van der Waals surface area contributed by atoms with Gasteiger partial charge in [-0.25, -0.2) is 14.8 Å². The Morgan fingerprint density at radius 3 is 2.96 bits per heavy atom. The van der Waals surface area contributed by atoms with Gasteiger partial charge in [0, 0.05) is 10.4 Å². The standard InChI is InChI=1S/C17H14ClFN4O2S/c1-8-9(2)26-17-15(8)16(25)21-13(22-17)6-14(24)23-20-7-10-11(18)4-3-5-12(10)19/h3-5,7H,6H2,1-2H3,(H,23,24)(H,21,22,25). The van der Waals surface area contributed by atoms with Gasteiger partial charge in [0.2, 0.25) is 5.91 Å². The predicted octanol–water partition coefficient (Wildman–Crippen LogP) is 3.09. The van der Waals surface area contributed by atoms with Crippen LogP contribution < -0.4 is 11.0 Å². The van der Waals surface area contributed by atoms with E-state index in [4.69, 9.17) is 11.6 Å². The van der Waals surface area contributed by atoms with Crippen LogP contribution in [0.2, 0.25) is 5.02 Å². The number of hydrazone groups is 1. The van der Waals surface area contributed by atoms with Gasteiger partial charge in [-0.1, -0.05) is 17.7 Å². The number of nitrogens with zero attached hydrogens (tertiary/aromatic N) is 2. The summed E-state index contributed by atoms with van der Waals surface area (Å²) >= 11 is 7.27. The molecule has 3 rings (SSSR count). The van der Waals surface area contributed by atoms with E-state index in [1.807, 2.05) is 13.8 Å². The normalized spacial score (nSPS) is 11.4. The van der Waals surface area contributed by atoms with Crippen molar-refractivity contribution < 1.29 is 9.18 Å². The molecule has 3 aromatic rings. The van der Waals surface area contributed by atoms with Gasteiger partial charge in [0.15, 0.2) is 0 Å². The Morgan fingerprint density at radius 1 is 1.46 bits per heavy atom. The van der Waals surface area contributed by atoms with Crippen molar-refractivity contribution in [2.24, 2.45) is 5.10 Å². The molecule has 0 bridgehead atoms. The third-order valence-corrected chi connectivity index (χ3v) is 5.23. The first kappa shape index (κ1) is 18.2. The maximum atomic E-state index is 13.6. The van der Waals surface area contributed by atoms with E-state index in [2.05, 4.69) is 20.5 Å². The predicted molar refractivity (Wildman–Crippen MR) is 101 cm³/mol. The summed E-state index contributed by atoms with van der Waals surface area (Å²) in [6, 6.07) is 4.23. The molecule has 0 aliphatic rings. The summed E-state index contributed by atoms with van der Waals surface area (Å²) < 4.78 is 13.6. The second kappa shape index (κ2) is 7.35. The summed E-state index contributed by atoms with van der Waals surface area (Å²) in [4.78, 5) is 32.7. The minimum absolute atomic E-state index is 0.0759. The molecule has 0 fully saturated rings. The second-order valence-corrected chi connectivity index (χ2v) is 7.19. The van der Waals surface area contributed by atoms with Crippen LogP contribution in [-0.2, 0) is 11.2 Å². The minimum Gasteiger partial charge on any atom is -0.309 e. The molecule has 0 spiro atoms. The molecule has 26 heavy (non-hydrogen) atoms. The number of amides is 1. The molecule has 2 aromatic heterocycles. The van der Waals surface area contributed by atoms with Crippen molar-refractivity contribution in [1.29, 1.82) is 0 Å². The number of hydrogen-bond donors (Lipinski definition) is 2. The van der Waals surface area contributed by atoms with Crippen LogP contribution in [0.3, 0.4) is 0 Å². The molecule has 0 unspecified atom stereocenters. The number of carbonyl (C=O) groups excluding carboxylic acids is 1. The van der Waals surface area contributed by atoms with Crippen LogP contribution in [0.4, 0.5) is 4.39 Å². The first-order chi connectivity index (χ1) is 12.4. The summed E-state index contributed by atoms with van der Waals surface area (Å²) in [5.74, 6) is -0.808. The number of halogens is 2. The lowest BCUT2D eigenvalue weighted by Gasteiger charge is -2.02. The van der Waals surface area contributed by atoms with E-state index in [-0.39, 0.29) is 28.4 Å². The summed E-state index contributed by atoms with van der Waals surface area (Å²) in [6.45, 7) is 3.77. The molecule has 6 nitrogen and oxygen atoms in total. The number of nitrogens with one attached hydrogen (secondary N) is 2. The fraction of sp³-hybridized carbons (Fsp3) is 0.176. The lowest BCUT2D eigenvalue weighted by Crippen LogP contribution is -2.23. The SMILES string of the molecule is Cc1sc2nc(CC(=O)NN=Cc3c(F)cccc3Cl)[nH]c(=O)c2c1C. The van der Waals surface area contributed by atoms with E-state index in [1.165, 1.54) is 29.5 Å². The van der Waals surface area contributed by atoms with Crippen LogP contribution in [-0.4, -0.2) is 22.1 Å². The zero-order chi connectivity index (χ0) is 18.8. The number of aryl methyl sites for hydroxylation is 2. The summed E-state index contributed by atoms with van der Waals surface area (Å²) in [5, 5.41) is 4.42. The lowest BCUT2D eigenvalue weighted by atomic mass is 10.2. The Labute approximate surface area is 156 Å². The highest BCUT2D eigenvalue weighted by molar-refractivity contribution is 7.18. The van der Waals surface area contributed by atoms with Gasteiger partial charge in [-0.15, -0.1) is 11.3 Å². The quantitative estimate of drug-likeness (QED) is 0.528. The number of H-pyrrole nitrogens is 1. The average Bonchev–Trinajstić information content (AvgIpc) is 2.85. The molecule has 0 aliphatic carbocycles. The van der Waals surface area contributed by atoms with Gasteiger partial charge in [-0.05, 0) is 31.5 Å². The first-order valence-electron chi connectivity index (χ1n) is 7.61. The molecule has 2 heterocycles. The summed E-state index contributed by atoms with van der Waals surface area (Å²) in [7, 11) is 0. The van der Waals surface area contributed by atoms with E-state index in [0.717, 1.165) is 16.7 Å². The van der Waals surface area contributed by atoms with Crippen LogP contribution in [0.15, 0.2) is 28.1 Å². The van der Waals surface area contributed by atoms with Crippen LogP contribution >= 0.6 is 22.9 Å². The summed E-state index contributed by atoms with van der Waals surface area (Å²) in [5.41, 5.74) is 2.95. The van der Waals surface area contributed by atoms with Crippen LogP contribution in [0, 0.1) is 19.7 Å². The van der Waals surface area contributed by atoms with Crippen molar-refractivity contribution >= 4 is 45.3 Å². The highest BCUT2D eigenvalue weighted by atomic mass is 35.5. The number of fused-ring (bicyclic) bond motifs is 1. The maximum Gasteiger partial charge on any atom is 0.259 e. The van der Waals surface area contributed by atoms with Crippen LogP contribution in [0.1, 0.15) is 21.8 Å². The van der Waals surface area contributed by atoms with Crippen molar-refractivity contribution in [1.82, 2.24) is 15.4 Å². The number of carbonyl (C=O) groups is 1. The molecule has 2 N–H and O–H groups in total. The Hall–Kier alpha value is -2.58. The van der Waals surface area contributed by atoms with Crippen LogP contribution in [0.25, 0.3) is 10.2 Å². The van der Waals surface area contributed by atoms with Gasteiger partial charge in [0.05, 0.1) is 23.0 Å². The fourth-order valence-electron chi connectivity index (χ4n) is 2.38. The van der Waals surface area contributed by atoms with E-state index in [9.17, 15) is 14.0 Å². The molecule has 0 aliphatic heterocycles. The van der Waals surface area contributed by atoms with E-state index < -0.39 is 11.7 Å². The Kier molecular flexibility index (Phi) is 5.15. The maximum absolute atomic E-state index is 13.6. The third kappa shape index (κ3) is 3.66. The molecule has 1 amide bonds. The van der Waals surface area contributed by atoms with Gasteiger partial charge in [-0.3, -0.25) is 9.59 Å². The molecule has 9 heteroatoms. The van der Waals surface area contributed by atoms with E-state index in [0.29, 0.717) is 10.2 Å². The van der Waals surface area contributed by atoms with Gasteiger partial charge in [0.1, 0.15) is 16.5 Å².